The second kappa shape index (κ2) is 6.18. The lowest BCUT2D eigenvalue weighted by Gasteiger charge is -2.25. The highest BCUT2D eigenvalue weighted by Gasteiger charge is 2.30. The van der Waals surface area contributed by atoms with Crippen LogP contribution in [-0.2, 0) is 0 Å². The summed E-state index contributed by atoms with van der Waals surface area (Å²) >= 11 is 6.08. The van der Waals surface area contributed by atoms with Crippen molar-refractivity contribution >= 4 is 34.7 Å². The van der Waals surface area contributed by atoms with Crippen LogP contribution >= 0.6 is 11.6 Å². The number of aromatic nitrogens is 1. The van der Waals surface area contributed by atoms with Gasteiger partial charge in [0.15, 0.2) is 5.82 Å². The van der Waals surface area contributed by atoms with E-state index in [0.717, 1.165) is 17.9 Å². The van der Waals surface area contributed by atoms with E-state index >= 15 is 0 Å². The Balaban J connectivity index is 2.17. The molecular weight excluding hydrogens is 312 g/mol. The Morgan fingerprint density at radius 3 is 2.61 bits per heavy atom. The SMILES string of the molecule is CN(C)CCN1C(=O)c2ccccc2N(C)c2nc(Cl)ccc21. The monoisotopic (exact) mass is 330 g/mol. The van der Waals surface area contributed by atoms with Crippen LogP contribution in [0.3, 0.4) is 0 Å². The summed E-state index contributed by atoms with van der Waals surface area (Å²) in [5.74, 6) is 0.673. The third kappa shape index (κ3) is 2.90. The summed E-state index contributed by atoms with van der Waals surface area (Å²) in [6.45, 7) is 1.35. The van der Waals surface area contributed by atoms with Gasteiger partial charge in [0, 0.05) is 20.1 Å². The number of carbonyl (C=O) groups excluding carboxylic acids is 1. The molecule has 120 valence electrons. The van der Waals surface area contributed by atoms with Crippen molar-refractivity contribution in [2.45, 2.75) is 0 Å². The van der Waals surface area contributed by atoms with Crippen LogP contribution in [0.25, 0.3) is 0 Å². The number of fused-ring (bicyclic) bond motifs is 2. The van der Waals surface area contributed by atoms with E-state index in [9.17, 15) is 4.79 Å². The van der Waals surface area contributed by atoms with E-state index in [2.05, 4.69) is 9.88 Å². The van der Waals surface area contributed by atoms with Gasteiger partial charge in [-0.1, -0.05) is 23.7 Å². The molecule has 1 aromatic carbocycles. The highest BCUT2D eigenvalue weighted by molar-refractivity contribution is 6.29. The number of para-hydroxylation sites is 1. The number of halogens is 1. The predicted octanol–water partition coefficient (Wildman–Crippen LogP) is 3.02. The largest absolute Gasteiger partial charge is 0.327 e. The fourth-order valence-electron chi connectivity index (χ4n) is 2.71. The lowest BCUT2D eigenvalue weighted by atomic mass is 10.1. The summed E-state index contributed by atoms with van der Waals surface area (Å²) in [7, 11) is 5.89. The van der Waals surface area contributed by atoms with E-state index in [1.165, 1.54) is 0 Å². The summed E-state index contributed by atoms with van der Waals surface area (Å²) in [5, 5.41) is 0.412. The molecule has 5 nitrogen and oxygen atoms in total. The van der Waals surface area contributed by atoms with Gasteiger partial charge < -0.3 is 14.7 Å². The van der Waals surface area contributed by atoms with Crippen molar-refractivity contribution in [1.29, 1.82) is 0 Å². The number of hydrogen-bond donors (Lipinski definition) is 0. The van der Waals surface area contributed by atoms with Gasteiger partial charge in [-0.05, 0) is 38.4 Å². The average Bonchev–Trinajstić information content (AvgIpc) is 2.62. The van der Waals surface area contributed by atoms with Crippen LogP contribution in [0.15, 0.2) is 36.4 Å². The van der Waals surface area contributed by atoms with Crippen molar-refractivity contribution in [2.24, 2.45) is 0 Å². The molecule has 0 bridgehead atoms. The molecule has 3 rings (SSSR count). The zero-order valence-electron chi connectivity index (χ0n) is 13.5. The third-order valence-electron chi connectivity index (χ3n) is 3.94. The van der Waals surface area contributed by atoms with Gasteiger partial charge in [0.25, 0.3) is 5.91 Å². The van der Waals surface area contributed by atoms with Crippen molar-refractivity contribution in [1.82, 2.24) is 9.88 Å². The number of pyridine rings is 1. The second-order valence-electron chi connectivity index (χ2n) is 5.81. The molecule has 0 radical (unpaired) electrons. The Labute approximate surface area is 141 Å². The molecular formula is C17H19ClN4O. The van der Waals surface area contributed by atoms with Crippen LogP contribution in [0, 0.1) is 0 Å². The van der Waals surface area contributed by atoms with Crippen LogP contribution in [0.1, 0.15) is 10.4 Å². The first-order chi connectivity index (χ1) is 11.0. The van der Waals surface area contributed by atoms with Crippen molar-refractivity contribution in [3.8, 4) is 0 Å². The standard InChI is InChI=1S/C17H19ClN4O/c1-20(2)10-11-22-14-8-9-15(18)19-16(14)21(3)13-7-5-4-6-12(13)17(22)23/h4-9H,10-11H2,1-3H3. The Bertz CT molecular complexity index is 747. The first-order valence-electron chi connectivity index (χ1n) is 7.45. The van der Waals surface area contributed by atoms with Gasteiger partial charge in [-0.3, -0.25) is 4.79 Å². The number of amides is 1. The number of rotatable bonds is 3. The maximum atomic E-state index is 13.1. The molecule has 1 amide bonds. The quantitative estimate of drug-likeness (QED) is 0.811. The van der Waals surface area contributed by atoms with E-state index in [-0.39, 0.29) is 5.91 Å². The highest BCUT2D eigenvalue weighted by atomic mass is 35.5. The molecule has 0 spiro atoms. The molecule has 0 unspecified atom stereocenters. The van der Waals surface area contributed by atoms with Crippen LogP contribution in [0.2, 0.25) is 5.15 Å². The van der Waals surface area contributed by atoms with E-state index in [1.54, 1.807) is 11.0 Å². The molecule has 0 atom stereocenters. The number of hydrogen-bond acceptors (Lipinski definition) is 4. The Morgan fingerprint density at radius 2 is 1.87 bits per heavy atom. The minimum Gasteiger partial charge on any atom is -0.327 e. The van der Waals surface area contributed by atoms with Gasteiger partial charge in [0.2, 0.25) is 0 Å². The molecule has 0 aliphatic carbocycles. The van der Waals surface area contributed by atoms with Gasteiger partial charge in [-0.15, -0.1) is 0 Å². The molecule has 0 N–H and O–H groups in total. The Kier molecular flexibility index (Phi) is 4.24. The second-order valence-corrected chi connectivity index (χ2v) is 6.20. The number of nitrogens with zero attached hydrogens (tertiary/aromatic N) is 4. The van der Waals surface area contributed by atoms with Crippen LogP contribution in [0.4, 0.5) is 17.2 Å². The highest BCUT2D eigenvalue weighted by Crippen LogP contribution is 2.38. The van der Waals surface area contributed by atoms with Crippen molar-refractivity contribution < 1.29 is 4.79 Å². The fourth-order valence-corrected chi connectivity index (χ4v) is 2.86. The number of benzene rings is 1. The van der Waals surface area contributed by atoms with Crippen molar-refractivity contribution in [3.05, 3.63) is 47.1 Å². The van der Waals surface area contributed by atoms with E-state index in [1.807, 2.05) is 56.4 Å². The molecule has 0 saturated carbocycles. The zero-order valence-corrected chi connectivity index (χ0v) is 14.2. The molecule has 2 aromatic rings. The first kappa shape index (κ1) is 15.8. The van der Waals surface area contributed by atoms with Crippen LogP contribution < -0.4 is 9.80 Å². The summed E-state index contributed by atoms with van der Waals surface area (Å²) < 4.78 is 0. The Hall–Kier alpha value is -2.11. The van der Waals surface area contributed by atoms with Gasteiger partial charge in [0.05, 0.1) is 16.9 Å². The lowest BCUT2D eigenvalue weighted by Crippen LogP contribution is -2.36. The van der Waals surface area contributed by atoms with E-state index in [4.69, 9.17) is 11.6 Å². The molecule has 0 saturated heterocycles. The molecule has 1 aliphatic heterocycles. The lowest BCUT2D eigenvalue weighted by molar-refractivity contribution is 0.0986. The maximum Gasteiger partial charge on any atom is 0.260 e. The van der Waals surface area contributed by atoms with Gasteiger partial charge >= 0.3 is 0 Å². The van der Waals surface area contributed by atoms with Gasteiger partial charge in [-0.25, -0.2) is 4.98 Å². The predicted molar refractivity (Wildman–Crippen MR) is 94.0 cm³/mol. The molecule has 1 aliphatic rings. The number of anilines is 3. The minimum absolute atomic E-state index is 0.0165. The first-order valence-corrected chi connectivity index (χ1v) is 7.82. The summed E-state index contributed by atoms with van der Waals surface area (Å²) in [4.78, 5) is 23.3. The van der Waals surface area contributed by atoms with Crippen molar-refractivity contribution in [3.63, 3.8) is 0 Å². The molecule has 1 aromatic heterocycles. The van der Waals surface area contributed by atoms with Gasteiger partial charge in [0.1, 0.15) is 5.15 Å². The molecule has 0 fully saturated rings. The van der Waals surface area contributed by atoms with Crippen LogP contribution in [-0.4, -0.2) is 50.0 Å². The zero-order chi connectivity index (χ0) is 16.6. The van der Waals surface area contributed by atoms with E-state index in [0.29, 0.717) is 23.1 Å². The Morgan fingerprint density at radius 1 is 1.13 bits per heavy atom. The minimum atomic E-state index is -0.0165. The van der Waals surface area contributed by atoms with Crippen LogP contribution in [0.5, 0.6) is 0 Å². The normalized spacial score (nSPS) is 13.9. The number of likely N-dealkylation sites (N-methyl/N-ethyl adjacent to an activating group) is 1. The summed E-state index contributed by atoms with van der Waals surface area (Å²) in [5.41, 5.74) is 2.28. The number of carbonyl (C=O) groups is 1. The summed E-state index contributed by atoms with van der Waals surface area (Å²) in [6.07, 6.45) is 0. The smallest absolute Gasteiger partial charge is 0.260 e. The van der Waals surface area contributed by atoms with Crippen molar-refractivity contribution in [2.75, 3.05) is 44.0 Å². The third-order valence-corrected chi connectivity index (χ3v) is 4.15. The maximum absolute atomic E-state index is 13.1. The topological polar surface area (TPSA) is 39.7 Å². The van der Waals surface area contributed by atoms with Gasteiger partial charge in [-0.2, -0.15) is 0 Å². The molecule has 23 heavy (non-hydrogen) atoms. The molecule has 6 heteroatoms. The summed E-state index contributed by atoms with van der Waals surface area (Å²) in [6, 6.07) is 11.2. The van der Waals surface area contributed by atoms with E-state index < -0.39 is 0 Å². The average molecular weight is 331 g/mol. The fraction of sp³-hybridized carbons (Fsp3) is 0.294. The molecule has 2 heterocycles.